The summed E-state index contributed by atoms with van der Waals surface area (Å²) in [7, 11) is 0. The number of nitrogens with zero attached hydrogens (tertiary/aromatic N) is 1. The van der Waals surface area contributed by atoms with Crippen molar-refractivity contribution < 1.29 is 18.7 Å². The van der Waals surface area contributed by atoms with E-state index in [0.717, 1.165) is 0 Å². The maximum atomic E-state index is 12.0. The second-order valence-corrected chi connectivity index (χ2v) is 5.68. The molecule has 1 unspecified atom stereocenters. The van der Waals surface area contributed by atoms with Crippen LogP contribution in [0, 0.1) is 5.92 Å². The summed E-state index contributed by atoms with van der Waals surface area (Å²) in [6, 6.07) is 3.91. The molecule has 0 aliphatic rings. The molecule has 1 aromatic heterocycles. The molecule has 0 spiro atoms. The lowest BCUT2D eigenvalue weighted by Gasteiger charge is -2.13. The number of esters is 1. The summed E-state index contributed by atoms with van der Waals surface area (Å²) in [5, 5.41) is 0. The number of aromatic nitrogens is 1. The summed E-state index contributed by atoms with van der Waals surface area (Å²) in [4.78, 5) is 35.4. The molecule has 0 bridgehead atoms. The third-order valence-corrected chi connectivity index (χ3v) is 3.31. The number of carbonyl (C=O) groups excluding carboxylic acids is 2. The van der Waals surface area contributed by atoms with Crippen LogP contribution in [0.5, 0.6) is 0 Å². The third-order valence-electron chi connectivity index (χ3n) is 3.31. The van der Waals surface area contributed by atoms with E-state index in [2.05, 4.69) is 0 Å². The average Bonchev–Trinajstić information content (AvgIpc) is 2.78. The molecule has 0 radical (unpaired) electrons. The molecular formula is C16H19NO5. The Hall–Kier alpha value is -2.37. The molecule has 1 heterocycles. The van der Waals surface area contributed by atoms with Crippen LogP contribution in [0.2, 0.25) is 0 Å². The van der Waals surface area contributed by atoms with Crippen molar-refractivity contribution in [3.05, 3.63) is 34.3 Å². The van der Waals surface area contributed by atoms with Gasteiger partial charge in [0.25, 0.3) is 0 Å². The number of benzene rings is 1. The van der Waals surface area contributed by atoms with Crippen molar-refractivity contribution >= 4 is 22.9 Å². The van der Waals surface area contributed by atoms with Crippen LogP contribution in [-0.2, 0) is 9.53 Å². The van der Waals surface area contributed by atoms with Gasteiger partial charge in [0.15, 0.2) is 11.4 Å². The van der Waals surface area contributed by atoms with Crippen LogP contribution in [0.1, 0.15) is 44.1 Å². The minimum Gasteiger partial charge on any atom is -0.464 e. The van der Waals surface area contributed by atoms with Gasteiger partial charge in [-0.1, -0.05) is 13.8 Å². The summed E-state index contributed by atoms with van der Waals surface area (Å²) in [5.41, 5.74) is 1.19. The highest BCUT2D eigenvalue weighted by Crippen LogP contribution is 2.20. The summed E-state index contributed by atoms with van der Waals surface area (Å²) >= 11 is 0. The number of fused-ring (bicyclic) bond motifs is 1. The maximum absolute atomic E-state index is 12.0. The summed E-state index contributed by atoms with van der Waals surface area (Å²) in [5.74, 6) is -1.05. The number of oxazole rings is 1. The highest BCUT2D eigenvalue weighted by atomic mass is 16.5. The Morgan fingerprint density at radius 3 is 2.55 bits per heavy atom. The number of ketones is 1. The van der Waals surface area contributed by atoms with E-state index < -0.39 is 17.8 Å². The van der Waals surface area contributed by atoms with Crippen LogP contribution in [0.3, 0.4) is 0 Å². The number of hydrogen-bond acceptors (Lipinski definition) is 5. The number of carbonyl (C=O) groups is 2. The Morgan fingerprint density at radius 1 is 1.27 bits per heavy atom. The van der Waals surface area contributed by atoms with E-state index in [-0.39, 0.29) is 17.3 Å². The van der Waals surface area contributed by atoms with E-state index in [1.54, 1.807) is 19.1 Å². The molecule has 0 saturated heterocycles. The molecule has 0 aliphatic heterocycles. The van der Waals surface area contributed by atoms with Gasteiger partial charge < -0.3 is 9.15 Å². The van der Waals surface area contributed by atoms with Crippen LogP contribution in [0.15, 0.2) is 27.4 Å². The number of ether oxygens (including phenoxy) is 1. The molecule has 0 fully saturated rings. The first kappa shape index (κ1) is 16.0. The van der Waals surface area contributed by atoms with E-state index in [0.29, 0.717) is 17.7 Å². The van der Waals surface area contributed by atoms with Gasteiger partial charge >= 0.3 is 11.7 Å². The van der Waals surface area contributed by atoms with Crippen LogP contribution < -0.4 is 5.76 Å². The number of rotatable bonds is 5. The normalized spacial score (nSPS) is 12.6. The third kappa shape index (κ3) is 3.10. The molecule has 0 saturated carbocycles. The van der Waals surface area contributed by atoms with Crippen molar-refractivity contribution in [1.82, 2.24) is 4.57 Å². The van der Waals surface area contributed by atoms with Crippen molar-refractivity contribution in [3.8, 4) is 0 Å². The Bertz CT molecular complexity index is 768. The van der Waals surface area contributed by atoms with Crippen molar-refractivity contribution in [1.29, 1.82) is 0 Å². The monoisotopic (exact) mass is 305 g/mol. The lowest BCUT2D eigenvalue weighted by atomic mass is 10.1. The van der Waals surface area contributed by atoms with Crippen molar-refractivity contribution in [3.63, 3.8) is 0 Å². The number of hydrogen-bond donors (Lipinski definition) is 0. The second kappa shape index (κ2) is 6.17. The zero-order valence-electron chi connectivity index (χ0n) is 13.1. The van der Waals surface area contributed by atoms with Gasteiger partial charge in [-0.3, -0.25) is 9.36 Å². The van der Waals surface area contributed by atoms with E-state index in [4.69, 9.17) is 9.15 Å². The van der Waals surface area contributed by atoms with Gasteiger partial charge in [-0.15, -0.1) is 0 Å². The Morgan fingerprint density at radius 2 is 1.95 bits per heavy atom. The van der Waals surface area contributed by atoms with Crippen LogP contribution >= 0.6 is 0 Å². The molecule has 6 heteroatoms. The first-order chi connectivity index (χ1) is 10.3. The molecule has 0 aliphatic carbocycles. The van der Waals surface area contributed by atoms with Crippen LogP contribution in [-0.4, -0.2) is 22.9 Å². The fraction of sp³-hybridized carbons (Fsp3) is 0.438. The lowest BCUT2D eigenvalue weighted by Crippen LogP contribution is -2.27. The zero-order chi connectivity index (χ0) is 16.4. The molecule has 0 amide bonds. The van der Waals surface area contributed by atoms with Gasteiger partial charge in [0.1, 0.15) is 6.04 Å². The van der Waals surface area contributed by atoms with Crippen LogP contribution in [0.25, 0.3) is 11.1 Å². The molecule has 1 atom stereocenters. The van der Waals surface area contributed by atoms with Gasteiger partial charge in [-0.2, -0.15) is 0 Å². The SMILES string of the molecule is CC(=O)c1ccc2c(c1)oc(=O)n2C(C)C(=O)OCC(C)C. The molecule has 2 rings (SSSR count). The van der Waals surface area contributed by atoms with E-state index >= 15 is 0 Å². The molecule has 0 N–H and O–H groups in total. The Balaban J connectivity index is 2.38. The van der Waals surface area contributed by atoms with Crippen molar-refractivity contribution in [2.75, 3.05) is 6.61 Å². The van der Waals surface area contributed by atoms with Gasteiger partial charge in [0.2, 0.25) is 0 Å². The minimum absolute atomic E-state index is 0.123. The first-order valence-corrected chi connectivity index (χ1v) is 7.14. The van der Waals surface area contributed by atoms with E-state index in [1.165, 1.54) is 17.6 Å². The van der Waals surface area contributed by atoms with Crippen molar-refractivity contribution in [2.45, 2.75) is 33.7 Å². The van der Waals surface area contributed by atoms with Crippen LogP contribution in [0.4, 0.5) is 0 Å². The van der Waals surface area contributed by atoms with Gasteiger partial charge in [0, 0.05) is 5.56 Å². The number of Topliss-reactive ketones (excluding diaryl/α,β-unsaturated/α-hetero) is 1. The van der Waals surface area contributed by atoms with E-state index in [9.17, 15) is 14.4 Å². The molecule has 6 nitrogen and oxygen atoms in total. The average molecular weight is 305 g/mol. The predicted octanol–water partition coefficient (Wildman–Crippen LogP) is 2.56. The zero-order valence-corrected chi connectivity index (χ0v) is 13.1. The Labute approximate surface area is 127 Å². The minimum atomic E-state index is -0.796. The quantitative estimate of drug-likeness (QED) is 0.626. The van der Waals surface area contributed by atoms with Gasteiger partial charge in [-0.05, 0) is 38.0 Å². The standard InChI is InChI=1S/C16H19NO5/c1-9(2)8-21-15(19)10(3)17-13-6-5-12(11(4)18)7-14(13)22-16(17)20/h5-7,9-10H,8H2,1-4H3. The highest BCUT2D eigenvalue weighted by Gasteiger charge is 2.23. The Kier molecular flexibility index (Phi) is 4.49. The summed E-state index contributed by atoms with van der Waals surface area (Å²) in [6.07, 6.45) is 0. The summed E-state index contributed by atoms with van der Waals surface area (Å²) < 4.78 is 11.5. The molecule has 118 valence electrons. The molecule has 1 aromatic carbocycles. The van der Waals surface area contributed by atoms with E-state index in [1.807, 2.05) is 13.8 Å². The lowest BCUT2D eigenvalue weighted by molar-refractivity contribution is -0.148. The fourth-order valence-electron chi connectivity index (χ4n) is 2.10. The second-order valence-electron chi connectivity index (χ2n) is 5.68. The highest BCUT2D eigenvalue weighted by molar-refractivity contribution is 5.97. The topological polar surface area (TPSA) is 78.5 Å². The largest absolute Gasteiger partial charge is 0.464 e. The van der Waals surface area contributed by atoms with Crippen molar-refractivity contribution in [2.24, 2.45) is 5.92 Å². The molecule has 22 heavy (non-hydrogen) atoms. The molecule has 2 aromatic rings. The summed E-state index contributed by atoms with van der Waals surface area (Å²) in [6.45, 7) is 7.17. The maximum Gasteiger partial charge on any atom is 0.420 e. The first-order valence-electron chi connectivity index (χ1n) is 7.14. The fourth-order valence-corrected chi connectivity index (χ4v) is 2.10. The van der Waals surface area contributed by atoms with Gasteiger partial charge in [0.05, 0.1) is 12.1 Å². The smallest absolute Gasteiger partial charge is 0.420 e. The van der Waals surface area contributed by atoms with Gasteiger partial charge in [-0.25, -0.2) is 9.59 Å². The predicted molar refractivity (Wildman–Crippen MR) is 81.0 cm³/mol. The molecular weight excluding hydrogens is 286 g/mol.